The summed E-state index contributed by atoms with van der Waals surface area (Å²) >= 11 is 0. The summed E-state index contributed by atoms with van der Waals surface area (Å²) in [6.45, 7) is 7.01. The Balaban J connectivity index is 0.00000338. The zero-order chi connectivity index (χ0) is 17.9. The van der Waals surface area contributed by atoms with E-state index in [-0.39, 0.29) is 24.0 Å². The Labute approximate surface area is 172 Å². The third kappa shape index (κ3) is 8.03. The number of hydrogen-bond donors (Lipinski definition) is 2. The number of nitrogens with zero attached hydrogens (tertiary/aromatic N) is 4. The van der Waals surface area contributed by atoms with Crippen molar-refractivity contribution in [2.45, 2.75) is 33.2 Å². The molecule has 0 saturated carbocycles. The van der Waals surface area contributed by atoms with Crippen molar-refractivity contribution in [3.05, 3.63) is 42.0 Å². The van der Waals surface area contributed by atoms with Gasteiger partial charge in [-0.05, 0) is 38.8 Å². The average molecular weight is 472 g/mol. The van der Waals surface area contributed by atoms with Crippen molar-refractivity contribution in [2.24, 2.45) is 12.0 Å². The van der Waals surface area contributed by atoms with Gasteiger partial charge in [-0.1, -0.05) is 17.7 Å². The summed E-state index contributed by atoms with van der Waals surface area (Å²) in [5, 5.41) is 10.6. The standard InChI is InChI=1S/C18H28N6O.HI/c1-4-19-18(21-13-17-22-14-23-24(17)3)20-11-5-6-12-25-16-9-7-15(2)8-10-16;/h7-10,14H,4-6,11-13H2,1-3H3,(H2,19,20,21);1H. The van der Waals surface area contributed by atoms with Gasteiger partial charge in [0.1, 0.15) is 24.4 Å². The normalized spacial score (nSPS) is 11.0. The van der Waals surface area contributed by atoms with Gasteiger partial charge < -0.3 is 15.4 Å². The van der Waals surface area contributed by atoms with Gasteiger partial charge in [0.25, 0.3) is 0 Å². The molecule has 1 aromatic heterocycles. The van der Waals surface area contributed by atoms with E-state index in [2.05, 4.69) is 51.7 Å². The molecule has 0 unspecified atom stereocenters. The molecule has 0 aliphatic heterocycles. The van der Waals surface area contributed by atoms with E-state index in [0.29, 0.717) is 6.54 Å². The summed E-state index contributed by atoms with van der Waals surface area (Å²) in [7, 11) is 1.87. The minimum atomic E-state index is 0. The number of halogens is 1. The second-order valence-corrected chi connectivity index (χ2v) is 5.79. The maximum absolute atomic E-state index is 5.73. The summed E-state index contributed by atoms with van der Waals surface area (Å²) in [6.07, 6.45) is 3.54. The Bertz CT molecular complexity index is 656. The Morgan fingerprint density at radius 2 is 1.96 bits per heavy atom. The zero-order valence-corrected chi connectivity index (χ0v) is 18.1. The molecule has 26 heavy (non-hydrogen) atoms. The molecular weight excluding hydrogens is 443 g/mol. The van der Waals surface area contributed by atoms with E-state index >= 15 is 0 Å². The Hall–Kier alpha value is -1.84. The van der Waals surface area contributed by atoms with E-state index in [9.17, 15) is 0 Å². The largest absolute Gasteiger partial charge is 0.494 e. The molecule has 0 fully saturated rings. The van der Waals surface area contributed by atoms with Crippen LogP contribution in [0.2, 0.25) is 0 Å². The highest BCUT2D eigenvalue weighted by molar-refractivity contribution is 14.0. The first-order chi connectivity index (χ1) is 12.2. The number of nitrogens with one attached hydrogen (secondary N) is 2. The fourth-order valence-electron chi connectivity index (χ4n) is 2.21. The van der Waals surface area contributed by atoms with Crippen molar-refractivity contribution in [3.63, 3.8) is 0 Å². The minimum Gasteiger partial charge on any atom is -0.494 e. The van der Waals surface area contributed by atoms with Gasteiger partial charge in [-0.15, -0.1) is 24.0 Å². The maximum atomic E-state index is 5.73. The summed E-state index contributed by atoms with van der Waals surface area (Å²) in [5.41, 5.74) is 1.24. The van der Waals surface area contributed by atoms with Crippen molar-refractivity contribution in [3.8, 4) is 5.75 Å². The van der Waals surface area contributed by atoms with Crippen molar-refractivity contribution in [1.29, 1.82) is 0 Å². The van der Waals surface area contributed by atoms with E-state index in [0.717, 1.165) is 50.1 Å². The summed E-state index contributed by atoms with van der Waals surface area (Å²) in [6, 6.07) is 8.15. The molecular formula is C18H29IN6O. The number of benzene rings is 1. The van der Waals surface area contributed by atoms with Crippen LogP contribution in [0.25, 0.3) is 0 Å². The SMILES string of the molecule is CCNC(=NCc1ncnn1C)NCCCCOc1ccc(C)cc1.I. The highest BCUT2D eigenvalue weighted by Crippen LogP contribution is 2.11. The van der Waals surface area contributed by atoms with Crippen LogP contribution in [0.5, 0.6) is 5.75 Å². The van der Waals surface area contributed by atoms with Gasteiger partial charge in [0, 0.05) is 20.1 Å². The predicted octanol–water partition coefficient (Wildman–Crippen LogP) is 2.66. The molecule has 2 aromatic rings. The van der Waals surface area contributed by atoms with Crippen LogP contribution >= 0.6 is 24.0 Å². The lowest BCUT2D eigenvalue weighted by Gasteiger charge is -2.11. The fraction of sp³-hybridized carbons (Fsp3) is 0.500. The average Bonchev–Trinajstić information content (AvgIpc) is 3.02. The lowest BCUT2D eigenvalue weighted by molar-refractivity contribution is 0.307. The molecule has 7 nitrogen and oxygen atoms in total. The van der Waals surface area contributed by atoms with Crippen molar-refractivity contribution < 1.29 is 4.74 Å². The van der Waals surface area contributed by atoms with Gasteiger partial charge in [0.15, 0.2) is 5.96 Å². The van der Waals surface area contributed by atoms with Crippen LogP contribution in [0.3, 0.4) is 0 Å². The number of unbranched alkanes of at least 4 members (excludes halogenated alkanes) is 1. The van der Waals surface area contributed by atoms with Crippen molar-refractivity contribution in [1.82, 2.24) is 25.4 Å². The lowest BCUT2D eigenvalue weighted by atomic mass is 10.2. The second kappa shape index (κ2) is 12.5. The molecule has 1 aromatic carbocycles. The molecule has 0 aliphatic rings. The maximum Gasteiger partial charge on any atom is 0.191 e. The minimum absolute atomic E-state index is 0. The van der Waals surface area contributed by atoms with E-state index in [1.54, 1.807) is 11.0 Å². The molecule has 0 radical (unpaired) electrons. The third-order valence-corrected chi connectivity index (χ3v) is 3.68. The molecule has 0 aliphatic carbocycles. The smallest absolute Gasteiger partial charge is 0.191 e. The van der Waals surface area contributed by atoms with Crippen LogP contribution in [0.15, 0.2) is 35.6 Å². The third-order valence-electron chi connectivity index (χ3n) is 3.68. The Morgan fingerprint density at radius 3 is 2.62 bits per heavy atom. The quantitative estimate of drug-likeness (QED) is 0.254. The number of aryl methyl sites for hydroxylation is 2. The van der Waals surface area contributed by atoms with Gasteiger partial charge in [-0.25, -0.2) is 9.98 Å². The van der Waals surface area contributed by atoms with Gasteiger partial charge in [0.05, 0.1) is 6.61 Å². The van der Waals surface area contributed by atoms with Crippen LogP contribution < -0.4 is 15.4 Å². The molecule has 0 spiro atoms. The Morgan fingerprint density at radius 1 is 1.19 bits per heavy atom. The molecule has 144 valence electrons. The van der Waals surface area contributed by atoms with Crippen LogP contribution in [0.4, 0.5) is 0 Å². The number of guanidine groups is 1. The van der Waals surface area contributed by atoms with Crippen molar-refractivity contribution in [2.75, 3.05) is 19.7 Å². The summed E-state index contributed by atoms with van der Waals surface area (Å²) in [5.74, 6) is 2.56. The van der Waals surface area contributed by atoms with Crippen LogP contribution in [-0.4, -0.2) is 40.4 Å². The monoisotopic (exact) mass is 472 g/mol. The van der Waals surface area contributed by atoms with Crippen LogP contribution in [0, 0.1) is 6.92 Å². The molecule has 2 N–H and O–H groups in total. The fourth-order valence-corrected chi connectivity index (χ4v) is 2.21. The molecule has 0 atom stereocenters. The van der Waals surface area contributed by atoms with Crippen LogP contribution in [0.1, 0.15) is 31.2 Å². The zero-order valence-electron chi connectivity index (χ0n) is 15.7. The van der Waals surface area contributed by atoms with E-state index < -0.39 is 0 Å². The molecule has 2 rings (SSSR count). The molecule has 0 saturated heterocycles. The topological polar surface area (TPSA) is 76.4 Å². The van der Waals surface area contributed by atoms with Gasteiger partial charge in [0.2, 0.25) is 0 Å². The number of aliphatic imine (C=N–C) groups is 1. The number of aromatic nitrogens is 3. The Kier molecular flexibility index (Phi) is 10.7. The molecule has 1 heterocycles. The van der Waals surface area contributed by atoms with Crippen LogP contribution in [-0.2, 0) is 13.6 Å². The second-order valence-electron chi connectivity index (χ2n) is 5.79. The number of rotatable bonds is 9. The summed E-state index contributed by atoms with van der Waals surface area (Å²) in [4.78, 5) is 8.71. The highest BCUT2D eigenvalue weighted by atomic mass is 127. The predicted molar refractivity (Wildman–Crippen MR) is 115 cm³/mol. The van der Waals surface area contributed by atoms with Gasteiger partial charge >= 0.3 is 0 Å². The van der Waals surface area contributed by atoms with E-state index in [4.69, 9.17) is 4.74 Å². The van der Waals surface area contributed by atoms with E-state index in [1.165, 1.54) is 5.56 Å². The first-order valence-corrected chi connectivity index (χ1v) is 8.73. The summed E-state index contributed by atoms with van der Waals surface area (Å²) < 4.78 is 7.47. The lowest BCUT2D eigenvalue weighted by Crippen LogP contribution is -2.37. The molecule has 0 amide bonds. The van der Waals surface area contributed by atoms with E-state index in [1.807, 2.05) is 19.2 Å². The molecule has 0 bridgehead atoms. The molecule has 8 heteroatoms. The first-order valence-electron chi connectivity index (χ1n) is 8.73. The van der Waals surface area contributed by atoms with Gasteiger partial charge in [-0.2, -0.15) is 5.10 Å². The number of hydrogen-bond acceptors (Lipinski definition) is 4. The number of ether oxygens (including phenoxy) is 1. The first kappa shape index (κ1) is 22.2. The van der Waals surface area contributed by atoms with Gasteiger partial charge in [-0.3, -0.25) is 4.68 Å². The highest BCUT2D eigenvalue weighted by Gasteiger charge is 2.01. The van der Waals surface area contributed by atoms with Crippen molar-refractivity contribution >= 4 is 29.9 Å².